The van der Waals surface area contributed by atoms with Gasteiger partial charge in [0.05, 0.1) is 20.9 Å². The van der Waals surface area contributed by atoms with Crippen LogP contribution in [0.5, 0.6) is 11.5 Å². The van der Waals surface area contributed by atoms with Gasteiger partial charge < -0.3 is 14.2 Å². The average Bonchev–Trinajstić information content (AvgIpc) is 2.70. The summed E-state index contributed by atoms with van der Waals surface area (Å²) in [5.74, 6) is -3.34. The van der Waals surface area contributed by atoms with Crippen LogP contribution in [-0.4, -0.2) is 42.8 Å². The Hall–Kier alpha value is -3.35. The molecule has 2 rings (SSSR count). The van der Waals surface area contributed by atoms with E-state index in [9.17, 15) is 37.3 Å². The Morgan fingerprint density at radius 1 is 1.06 bits per heavy atom. The molecule has 0 unspecified atom stereocenters. The fourth-order valence-electron chi connectivity index (χ4n) is 2.35. The molecule has 166 valence electrons. The molecule has 0 amide bonds. The third-order valence-electron chi connectivity index (χ3n) is 3.64. The van der Waals surface area contributed by atoms with E-state index in [1.54, 1.807) is 6.26 Å². The number of ether oxygens (including phenoxy) is 3. The van der Waals surface area contributed by atoms with Gasteiger partial charge in [0, 0.05) is 12.1 Å². The topological polar surface area (TPSA) is 105 Å². The molecule has 0 heterocycles. The highest BCUT2D eigenvalue weighted by atomic mass is 32.2. The molecule has 0 atom stereocenters. The zero-order valence-corrected chi connectivity index (χ0v) is 16.4. The molecule has 0 spiro atoms. The lowest BCUT2D eigenvalue weighted by molar-refractivity contribution is -0.387. The van der Waals surface area contributed by atoms with Gasteiger partial charge >= 0.3 is 19.2 Å². The summed E-state index contributed by atoms with van der Waals surface area (Å²) in [6, 6.07) is 6.04. The second-order valence-corrected chi connectivity index (χ2v) is 6.41. The van der Waals surface area contributed by atoms with Gasteiger partial charge in [-0.1, -0.05) is 0 Å². The van der Waals surface area contributed by atoms with Crippen molar-refractivity contribution in [3.05, 3.63) is 57.6 Å². The minimum Gasteiger partial charge on any atom is -0.454 e. The number of rotatable bonds is 10. The first kappa shape index (κ1) is 23.9. The van der Waals surface area contributed by atoms with E-state index in [1.807, 2.05) is 0 Å². The molecule has 0 aromatic heterocycles. The number of Topliss-reactive ketones (excluding diaryl/α,β-unsaturated/α-hetero) is 1. The van der Waals surface area contributed by atoms with Crippen molar-refractivity contribution in [2.75, 3.05) is 12.9 Å². The number of hydrogen-bond donors (Lipinski definition) is 0. The Morgan fingerprint density at radius 2 is 1.74 bits per heavy atom. The Bertz CT molecular complexity index is 987. The van der Waals surface area contributed by atoms with Crippen molar-refractivity contribution in [2.45, 2.75) is 18.1 Å². The van der Waals surface area contributed by atoms with E-state index in [2.05, 4.69) is 9.47 Å². The van der Waals surface area contributed by atoms with Crippen molar-refractivity contribution in [3.63, 3.8) is 0 Å². The highest BCUT2D eigenvalue weighted by molar-refractivity contribution is 7.98. The lowest BCUT2D eigenvalue weighted by Crippen LogP contribution is -2.16. The number of carbonyl (C=O) groups excluding carboxylic acids is 2. The zero-order valence-electron chi connectivity index (χ0n) is 15.6. The standard InChI is InChI=1S/C18H13F4NO7S/c1-31-15-5-2-9(6-12(15)23(26)27)16(25)28-8-13(24)11-4-3-10(29-17(19)20)7-14(11)30-18(21)22/h2-7,17-18H,8H2,1H3. The molecule has 0 radical (unpaired) electrons. The number of ketones is 1. The van der Waals surface area contributed by atoms with Crippen LogP contribution in [0.25, 0.3) is 0 Å². The van der Waals surface area contributed by atoms with Crippen LogP contribution in [0, 0.1) is 10.1 Å². The van der Waals surface area contributed by atoms with Gasteiger partial charge in [0.15, 0.2) is 6.61 Å². The summed E-state index contributed by atoms with van der Waals surface area (Å²) < 4.78 is 62.8. The maximum absolute atomic E-state index is 12.6. The smallest absolute Gasteiger partial charge is 0.387 e. The van der Waals surface area contributed by atoms with Gasteiger partial charge in [-0.2, -0.15) is 17.6 Å². The second kappa shape index (κ2) is 10.6. The largest absolute Gasteiger partial charge is 0.454 e. The maximum Gasteiger partial charge on any atom is 0.387 e. The number of esters is 1. The fourth-order valence-corrected chi connectivity index (χ4v) is 2.90. The van der Waals surface area contributed by atoms with E-state index in [-0.39, 0.29) is 11.3 Å². The Balaban J connectivity index is 2.17. The van der Waals surface area contributed by atoms with Crippen molar-refractivity contribution < 1.29 is 46.3 Å². The molecule has 0 saturated heterocycles. The van der Waals surface area contributed by atoms with Gasteiger partial charge in [-0.3, -0.25) is 14.9 Å². The predicted molar refractivity (Wildman–Crippen MR) is 99.2 cm³/mol. The summed E-state index contributed by atoms with van der Waals surface area (Å²) in [5.41, 5.74) is -1.02. The van der Waals surface area contributed by atoms with E-state index < -0.39 is 53.6 Å². The van der Waals surface area contributed by atoms with Crippen molar-refractivity contribution in [3.8, 4) is 11.5 Å². The number of benzene rings is 2. The van der Waals surface area contributed by atoms with Crippen molar-refractivity contribution in [1.82, 2.24) is 0 Å². The quantitative estimate of drug-likeness (QED) is 0.126. The summed E-state index contributed by atoms with van der Waals surface area (Å²) in [6.07, 6.45) is 1.61. The van der Waals surface area contributed by atoms with Gasteiger partial charge in [0.2, 0.25) is 5.78 Å². The molecule has 31 heavy (non-hydrogen) atoms. The van der Waals surface area contributed by atoms with E-state index in [0.29, 0.717) is 11.0 Å². The maximum atomic E-state index is 12.6. The van der Waals surface area contributed by atoms with Gasteiger partial charge in [0.1, 0.15) is 11.5 Å². The molecule has 0 fully saturated rings. The SMILES string of the molecule is CSc1ccc(C(=O)OCC(=O)c2ccc(OC(F)F)cc2OC(F)F)cc1[N+](=O)[O-]. The monoisotopic (exact) mass is 463 g/mol. The third kappa shape index (κ3) is 6.57. The molecule has 0 bridgehead atoms. The molecule has 13 heteroatoms. The van der Waals surface area contributed by atoms with Crippen molar-refractivity contribution in [1.29, 1.82) is 0 Å². The number of carbonyl (C=O) groups is 2. The van der Waals surface area contributed by atoms with Crippen LogP contribution < -0.4 is 9.47 Å². The molecule has 0 saturated carbocycles. The lowest BCUT2D eigenvalue weighted by Gasteiger charge is -2.12. The molecular formula is C18H13F4NO7S. The van der Waals surface area contributed by atoms with Crippen LogP contribution >= 0.6 is 11.8 Å². The van der Waals surface area contributed by atoms with Crippen molar-refractivity contribution in [2.24, 2.45) is 0 Å². The van der Waals surface area contributed by atoms with Crippen LogP contribution in [-0.2, 0) is 4.74 Å². The Kier molecular flexibility index (Phi) is 8.19. The summed E-state index contributed by atoms with van der Waals surface area (Å²) in [4.78, 5) is 35.1. The molecule has 2 aromatic carbocycles. The summed E-state index contributed by atoms with van der Waals surface area (Å²) in [7, 11) is 0. The van der Waals surface area contributed by atoms with Crippen LogP contribution in [0.4, 0.5) is 23.2 Å². The predicted octanol–water partition coefficient (Wildman–Crippen LogP) is 4.56. The number of thioether (sulfide) groups is 1. The fraction of sp³-hybridized carbons (Fsp3) is 0.222. The molecule has 0 aliphatic carbocycles. The lowest BCUT2D eigenvalue weighted by atomic mass is 10.1. The summed E-state index contributed by atoms with van der Waals surface area (Å²) in [6.45, 7) is -7.53. The minimum atomic E-state index is -3.37. The zero-order chi connectivity index (χ0) is 23.1. The molecule has 0 N–H and O–H groups in total. The molecular weight excluding hydrogens is 450 g/mol. The van der Waals surface area contributed by atoms with E-state index in [1.165, 1.54) is 12.1 Å². The molecule has 0 aliphatic rings. The Morgan fingerprint density at radius 3 is 2.32 bits per heavy atom. The first-order valence-electron chi connectivity index (χ1n) is 8.18. The third-order valence-corrected chi connectivity index (χ3v) is 4.43. The first-order chi connectivity index (χ1) is 14.6. The highest BCUT2D eigenvalue weighted by Crippen LogP contribution is 2.30. The van der Waals surface area contributed by atoms with Crippen molar-refractivity contribution >= 4 is 29.2 Å². The molecule has 2 aromatic rings. The first-order valence-corrected chi connectivity index (χ1v) is 9.41. The number of nitro groups is 1. The number of hydrogen-bond acceptors (Lipinski definition) is 8. The summed E-state index contributed by atoms with van der Waals surface area (Å²) >= 11 is 1.09. The number of alkyl halides is 4. The number of halogens is 4. The van der Waals surface area contributed by atoms with Crippen LogP contribution in [0.1, 0.15) is 20.7 Å². The van der Waals surface area contributed by atoms with Crippen LogP contribution in [0.15, 0.2) is 41.3 Å². The second-order valence-electron chi connectivity index (χ2n) is 5.56. The Labute approximate surface area is 176 Å². The van der Waals surface area contributed by atoms with Crippen LogP contribution in [0.2, 0.25) is 0 Å². The van der Waals surface area contributed by atoms with E-state index >= 15 is 0 Å². The minimum absolute atomic E-state index is 0.206. The number of nitrogens with zero attached hydrogens (tertiary/aromatic N) is 1. The van der Waals surface area contributed by atoms with Gasteiger partial charge in [-0.05, 0) is 30.5 Å². The molecule has 8 nitrogen and oxygen atoms in total. The average molecular weight is 463 g/mol. The van der Waals surface area contributed by atoms with Gasteiger partial charge in [-0.15, -0.1) is 11.8 Å². The highest BCUT2D eigenvalue weighted by Gasteiger charge is 2.22. The van der Waals surface area contributed by atoms with Gasteiger partial charge in [0.25, 0.3) is 5.69 Å². The van der Waals surface area contributed by atoms with E-state index in [0.717, 1.165) is 30.0 Å². The van der Waals surface area contributed by atoms with E-state index in [4.69, 9.17) is 4.74 Å². The summed E-state index contributed by atoms with van der Waals surface area (Å²) in [5, 5.41) is 11.1. The normalized spacial score (nSPS) is 10.8. The van der Waals surface area contributed by atoms with Gasteiger partial charge in [-0.25, -0.2) is 4.79 Å². The van der Waals surface area contributed by atoms with Crippen LogP contribution in [0.3, 0.4) is 0 Å². The molecule has 0 aliphatic heterocycles. The number of nitro benzene ring substituents is 1.